The standard InChI is InChI=1S/C8H20N2O2/c1-3-10-5-7(12)4-8(2,9)6-11/h7,10-12H,3-6,9H2,1-2H3. The van der Waals surface area contributed by atoms with Crippen molar-refractivity contribution in [3.8, 4) is 0 Å². The van der Waals surface area contributed by atoms with E-state index in [2.05, 4.69) is 5.32 Å². The van der Waals surface area contributed by atoms with Crippen molar-refractivity contribution < 1.29 is 10.2 Å². The minimum atomic E-state index is -0.672. The fourth-order valence-corrected chi connectivity index (χ4v) is 0.986. The van der Waals surface area contributed by atoms with Crippen molar-refractivity contribution in [1.82, 2.24) is 5.32 Å². The summed E-state index contributed by atoms with van der Waals surface area (Å²) < 4.78 is 0. The van der Waals surface area contributed by atoms with Crippen LogP contribution < -0.4 is 11.1 Å². The molecule has 0 rings (SSSR count). The summed E-state index contributed by atoms with van der Waals surface area (Å²) in [6.45, 7) is 4.96. The zero-order chi connectivity index (χ0) is 9.61. The van der Waals surface area contributed by atoms with Crippen molar-refractivity contribution in [2.75, 3.05) is 19.7 Å². The van der Waals surface area contributed by atoms with Crippen molar-refractivity contribution in [3.63, 3.8) is 0 Å². The van der Waals surface area contributed by atoms with Crippen LogP contribution in [-0.2, 0) is 0 Å². The van der Waals surface area contributed by atoms with Gasteiger partial charge in [0.2, 0.25) is 0 Å². The Morgan fingerprint density at radius 1 is 1.58 bits per heavy atom. The van der Waals surface area contributed by atoms with Gasteiger partial charge in [-0.3, -0.25) is 0 Å². The Kier molecular flexibility index (Phi) is 5.41. The van der Waals surface area contributed by atoms with Crippen LogP contribution in [0.25, 0.3) is 0 Å². The van der Waals surface area contributed by atoms with E-state index in [1.54, 1.807) is 6.92 Å². The SMILES string of the molecule is CCNCC(O)CC(C)(N)CO. The Labute approximate surface area is 73.8 Å². The number of nitrogens with two attached hydrogens (primary N) is 1. The first-order chi connectivity index (χ1) is 5.52. The Hall–Kier alpha value is -0.160. The van der Waals surface area contributed by atoms with Crippen LogP contribution >= 0.6 is 0 Å². The van der Waals surface area contributed by atoms with E-state index in [9.17, 15) is 5.11 Å². The molecule has 5 N–H and O–H groups in total. The molecule has 0 aliphatic heterocycles. The Morgan fingerprint density at radius 3 is 2.58 bits per heavy atom. The van der Waals surface area contributed by atoms with Crippen LogP contribution in [0, 0.1) is 0 Å². The van der Waals surface area contributed by atoms with Gasteiger partial charge in [0.05, 0.1) is 12.7 Å². The number of nitrogens with one attached hydrogen (secondary N) is 1. The van der Waals surface area contributed by atoms with Crippen molar-refractivity contribution in [3.05, 3.63) is 0 Å². The predicted molar refractivity (Wildman–Crippen MR) is 48.8 cm³/mol. The first-order valence-electron chi connectivity index (χ1n) is 4.30. The minimum absolute atomic E-state index is 0.101. The first-order valence-corrected chi connectivity index (χ1v) is 4.30. The molecule has 0 heterocycles. The highest BCUT2D eigenvalue weighted by Gasteiger charge is 2.21. The maximum atomic E-state index is 9.39. The fourth-order valence-electron chi connectivity index (χ4n) is 0.986. The van der Waals surface area contributed by atoms with Gasteiger partial charge in [-0.25, -0.2) is 0 Å². The third-order valence-electron chi connectivity index (χ3n) is 1.69. The summed E-state index contributed by atoms with van der Waals surface area (Å²) in [7, 11) is 0. The van der Waals surface area contributed by atoms with E-state index in [0.29, 0.717) is 13.0 Å². The number of likely N-dealkylation sites (N-methyl/N-ethyl adjacent to an activating group) is 1. The number of aliphatic hydroxyl groups excluding tert-OH is 2. The highest BCUT2D eigenvalue weighted by molar-refractivity contribution is 4.81. The smallest absolute Gasteiger partial charge is 0.0682 e. The van der Waals surface area contributed by atoms with E-state index < -0.39 is 11.6 Å². The molecule has 0 aliphatic carbocycles. The molecule has 0 aromatic carbocycles. The van der Waals surface area contributed by atoms with E-state index in [1.807, 2.05) is 6.92 Å². The molecule has 0 radical (unpaired) electrons. The molecule has 0 fully saturated rings. The highest BCUT2D eigenvalue weighted by Crippen LogP contribution is 2.07. The monoisotopic (exact) mass is 176 g/mol. The maximum Gasteiger partial charge on any atom is 0.0682 e. The molecule has 0 saturated carbocycles. The molecular weight excluding hydrogens is 156 g/mol. The Bertz CT molecular complexity index is 118. The number of hydrogen-bond donors (Lipinski definition) is 4. The van der Waals surface area contributed by atoms with Gasteiger partial charge in [-0.05, 0) is 19.9 Å². The molecular formula is C8H20N2O2. The lowest BCUT2D eigenvalue weighted by atomic mass is 9.97. The van der Waals surface area contributed by atoms with Crippen LogP contribution in [0.1, 0.15) is 20.3 Å². The van der Waals surface area contributed by atoms with Crippen LogP contribution in [0.15, 0.2) is 0 Å². The highest BCUT2D eigenvalue weighted by atomic mass is 16.3. The van der Waals surface area contributed by atoms with Gasteiger partial charge in [-0.1, -0.05) is 6.92 Å². The summed E-state index contributed by atoms with van der Waals surface area (Å²) in [5.74, 6) is 0. The summed E-state index contributed by atoms with van der Waals surface area (Å²) in [6, 6.07) is 0. The van der Waals surface area contributed by atoms with Gasteiger partial charge in [-0.15, -0.1) is 0 Å². The molecule has 2 atom stereocenters. The lowest BCUT2D eigenvalue weighted by molar-refractivity contribution is 0.106. The maximum absolute atomic E-state index is 9.39. The molecule has 0 amide bonds. The molecule has 4 heteroatoms. The zero-order valence-electron chi connectivity index (χ0n) is 7.88. The Balaban J connectivity index is 3.60. The number of rotatable bonds is 6. The van der Waals surface area contributed by atoms with Crippen LogP contribution in [0.3, 0.4) is 0 Å². The summed E-state index contributed by atoms with van der Waals surface area (Å²) in [5.41, 5.74) is 4.98. The molecule has 12 heavy (non-hydrogen) atoms. The van der Waals surface area contributed by atoms with Crippen LogP contribution in [0.4, 0.5) is 0 Å². The summed E-state index contributed by atoms with van der Waals surface area (Å²) in [4.78, 5) is 0. The van der Waals surface area contributed by atoms with E-state index in [4.69, 9.17) is 10.8 Å². The van der Waals surface area contributed by atoms with Crippen molar-refractivity contribution >= 4 is 0 Å². The van der Waals surface area contributed by atoms with Gasteiger partial charge in [0.1, 0.15) is 0 Å². The van der Waals surface area contributed by atoms with Crippen LogP contribution in [0.5, 0.6) is 0 Å². The predicted octanol–water partition coefficient (Wildman–Crippen LogP) is -0.943. The quantitative estimate of drug-likeness (QED) is 0.421. The third-order valence-corrected chi connectivity index (χ3v) is 1.69. The third kappa shape index (κ3) is 5.49. The number of hydrogen-bond acceptors (Lipinski definition) is 4. The minimum Gasteiger partial charge on any atom is -0.394 e. The van der Waals surface area contributed by atoms with Gasteiger partial charge >= 0.3 is 0 Å². The molecule has 4 nitrogen and oxygen atoms in total. The van der Waals surface area contributed by atoms with Crippen molar-refractivity contribution in [1.29, 1.82) is 0 Å². The van der Waals surface area contributed by atoms with E-state index in [1.165, 1.54) is 0 Å². The van der Waals surface area contributed by atoms with Gasteiger partial charge in [0.25, 0.3) is 0 Å². The molecule has 0 aromatic heterocycles. The number of aliphatic hydroxyl groups is 2. The summed E-state index contributed by atoms with van der Waals surface area (Å²) in [5, 5.41) is 21.2. The van der Waals surface area contributed by atoms with Crippen LogP contribution in [-0.4, -0.2) is 41.6 Å². The molecule has 0 aromatic rings. The fraction of sp³-hybridized carbons (Fsp3) is 1.00. The van der Waals surface area contributed by atoms with E-state index in [-0.39, 0.29) is 6.61 Å². The van der Waals surface area contributed by atoms with Gasteiger partial charge < -0.3 is 21.3 Å². The molecule has 0 saturated heterocycles. The van der Waals surface area contributed by atoms with Crippen LogP contribution in [0.2, 0.25) is 0 Å². The topological polar surface area (TPSA) is 78.5 Å². The average Bonchev–Trinajstić information content (AvgIpc) is 2.00. The normalized spacial score (nSPS) is 18.8. The molecule has 74 valence electrons. The summed E-state index contributed by atoms with van der Waals surface area (Å²) in [6.07, 6.45) is -0.0663. The molecule has 2 unspecified atom stereocenters. The second-order valence-corrected chi connectivity index (χ2v) is 3.48. The summed E-state index contributed by atoms with van der Waals surface area (Å²) >= 11 is 0. The average molecular weight is 176 g/mol. The second kappa shape index (κ2) is 5.48. The van der Waals surface area contributed by atoms with Gasteiger partial charge in [0, 0.05) is 12.1 Å². The van der Waals surface area contributed by atoms with Gasteiger partial charge in [-0.2, -0.15) is 0 Å². The first kappa shape index (κ1) is 11.8. The lowest BCUT2D eigenvalue weighted by Gasteiger charge is -2.24. The largest absolute Gasteiger partial charge is 0.394 e. The van der Waals surface area contributed by atoms with Gasteiger partial charge in [0.15, 0.2) is 0 Å². The molecule has 0 aliphatic rings. The second-order valence-electron chi connectivity index (χ2n) is 3.48. The molecule has 0 bridgehead atoms. The molecule has 0 spiro atoms. The lowest BCUT2D eigenvalue weighted by Crippen LogP contribution is -2.45. The van der Waals surface area contributed by atoms with E-state index in [0.717, 1.165) is 6.54 Å². The zero-order valence-corrected chi connectivity index (χ0v) is 7.88. The Morgan fingerprint density at radius 2 is 2.17 bits per heavy atom. The van der Waals surface area contributed by atoms with Crippen molar-refractivity contribution in [2.24, 2.45) is 5.73 Å². The van der Waals surface area contributed by atoms with E-state index >= 15 is 0 Å². The van der Waals surface area contributed by atoms with Crippen molar-refractivity contribution in [2.45, 2.75) is 31.9 Å².